The van der Waals surface area contributed by atoms with Gasteiger partial charge in [0.1, 0.15) is 4.88 Å². The summed E-state index contributed by atoms with van der Waals surface area (Å²) < 4.78 is 5.32. The number of aromatic nitrogens is 1. The van der Waals surface area contributed by atoms with E-state index >= 15 is 0 Å². The lowest BCUT2D eigenvalue weighted by atomic mass is 10.1. The number of ether oxygens (including phenoxy) is 1. The molecular weight excluding hydrogens is 302 g/mol. The normalized spacial score (nSPS) is 17.5. The predicted molar refractivity (Wildman–Crippen MR) is 81.6 cm³/mol. The minimum atomic E-state index is -0.325. The topological polar surface area (TPSA) is 75.0 Å². The molecule has 0 saturated carbocycles. The molecule has 0 radical (unpaired) electrons. The van der Waals surface area contributed by atoms with Crippen LogP contribution in [0.1, 0.15) is 4.88 Å². The third kappa shape index (κ3) is 2.10. The molecule has 2 aliphatic rings. The molecule has 0 atom stereocenters. The number of nitrogens with zero attached hydrogens (tertiary/aromatic N) is 3. The number of para-hydroxylation sites is 1. The number of amides is 1. The summed E-state index contributed by atoms with van der Waals surface area (Å²) in [4.78, 5) is 23.0. The number of thiazole rings is 1. The van der Waals surface area contributed by atoms with Gasteiger partial charge in [-0.3, -0.25) is 4.79 Å². The lowest BCUT2D eigenvalue weighted by Crippen LogP contribution is -2.36. The Morgan fingerprint density at radius 2 is 2.00 bits per heavy atom. The second kappa shape index (κ2) is 5.19. The molecule has 1 fully saturated rings. The van der Waals surface area contributed by atoms with E-state index in [-0.39, 0.29) is 11.8 Å². The van der Waals surface area contributed by atoms with E-state index in [0.29, 0.717) is 34.2 Å². The van der Waals surface area contributed by atoms with Gasteiger partial charge in [-0.25, -0.2) is 4.99 Å². The summed E-state index contributed by atoms with van der Waals surface area (Å²) in [7, 11) is 0. The van der Waals surface area contributed by atoms with Crippen LogP contribution in [0.5, 0.6) is 5.88 Å². The molecule has 0 bridgehead atoms. The van der Waals surface area contributed by atoms with Gasteiger partial charge in [0.15, 0.2) is 5.13 Å². The number of benzene rings is 1. The summed E-state index contributed by atoms with van der Waals surface area (Å²) in [5.41, 5.74) is 0.435. The summed E-state index contributed by atoms with van der Waals surface area (Å²) in [5.74, 6) is -0.435. The van der Waals surface area contributed by atoms with Crippen LogP contribution in [0.3, 0.4) is 0 Å². The van der Waals surface area contributed by atoms with Crippen molar-refractivity contribution in [2.45, 2.75) is 0 Å². The quantitative estimate of drug-likeness (QED) is 0.847. The molecule has 7 heteroatoms. The van der Waals surface area contributed by atoms with E-state index in [0.717, 1.165) is 18.3 Å². The Morgan fingerprint density at radius 3 is 2.82 bits per heavy atom. The standard InChI is InChI=1S/C15H13N3O3S/c19-13-11(9-3-1-2-4-10(9)16-13)12-14(20)17-15(22-12)18-5-7-21-8-6-18/h1-4,20H,5-8H2. The van der Waals surface area contributed by atoms with E-state index in [1.165, 1.54) is 11.3 Å². The van der Waals surface area contributed by atoms with E-state index in [4.69, 9.17) is 4.74 Å². The number of hydrogen-bond acceptors (Lipinski definition) is 6. The first-order valence-electron chi connectivity index (χ1n) is 6.99. The van der Waals surface area contributed by atoms with Crippen LogP contribution in [0.2, 0.25) is 0 Å². The zero-order valence-electron chi connectivity index (χ0n) is 11.7. The molecular formula is C15H13N3O3S. The van der Waals surface area contributed by atoms with Crippen molar-refractivity contribution in [2.75, 3.05) is 31.2 Å². The van der Waals surface area contributed by atoms with Crippen molar-refractivity contribution >= 4 is 27.9 Å². The molecule has 0 unspecified atom stereocenters. The van der Waals surface area contributed by atoms with Gasteiger partial charge in [-0.05, 0) is 6.07 Å². The monoisotopic (exact) mass is 315 g/mol. The molecule has 2 aliphatic heterocycles. The highest BCUT2D eigenvalue weighted by Gasteiger charge is 2.26. The van der Waals surface area contributed by atoms with Crippen molar-refractivity contribution in [1.82, 2.24) is 4.98 Å². The fourth-order valence-corrected chi connectivity index (χ4v) is 3.70. The first kappa shape index (κ1) is 13.4. The molecule has 1 N–H and O–H groups in total. The molecule has 1 aromatic heterocycles. The van der Waals surface area contributed by atoms with Crippen molar-refractivity contribution < 1.29 is 14.6 Å². The Labute approximate surface area is 130 Å². The highest BCUT2D eigenvalue weighted by molar-refractivity contribution is 7.17. The average Bonchev–Trinajstić information content (AvgIpc) is 3.07. The van der Waals surface area contributed by atoms with Crippen molar-refractivity contribution in [1.29, 1.82) is 0 Å². The lowest BCUT2D eigenvalue weighted by Gasteiger charge is -2.25. The van der Waals surface area contributed by atoms with Crippen LogP contribution in [0.25, 0.3) is 5.57 Å². The van der Waals surface area contributed by atoms with E-state index in [1.54, 1.807) is 6.07 Å². The van der Waals surface area contributed by atoms with Crippen molar-refractivity contribution in [2.24, 2.45) is 4.99 Å². The molecule has 2 aromatic rings. The number of aromatic hydroxyl groups is 1. The number of carbonyl (C=O) groups is 1. The maximum Gasteiger partial charge on any atom is 0.279 e. The maximum atomic E-state index is 12.2. The highest BCUT2D eigenvalue weighted by Crippen LogP contribution is 2.35. The van der Waals surface area contributed by atoms with Crippen molar-refractivity contribution in [3.8, 4) is 5.88 Å². The Bertz CT molecular complexity index is 868. The summed E-state index contributed by atoms with van der Waals surface area (Å²) in [6, 6.07) is 7.33. The largest absolute Gasteiger partial charge is 0.492 e. The van der Waals surface area contributed by atoms with Gasteiger partial charge in [0, 0.05) is 18.3 Å². The molecule has 0 aliphatic carbocycles. The highest BCUT2D eigenvalue weighted by atomic mass is 32.1. The molecule has 3 heterocycles. The van der Waals surface area contributed by atoms with E-state index in [2.05, 4.69) is 14.9 Å². The third-order valence-corrected chi connectivity index (χ3v) is 4.84. The second-order valence-electron chi connectivity index (χ2n) is 5.06. The molecule has 4 rings (SSSR count). The van der Waals surface area contributed by atoms with Gasteiger partial charge < -0.3 is 14.7 Å². The van der Waals surface area contributed by atoms with E-state index in [1.807, 2.05) is 18.2 Å². The number of hydrogen-bond donors (Lipinski definition) is 1. The first-order valence-corrected chi connectivity index (χ1v) is 7.81. The van der Waals surface area contributed by atoms with Crippen LogP contribution in [0.4, 0.5) is 5.13 Å². The summed E-state index contributed by atoms with van der Waals surface area (Å²) in [6.07, 6.45) is 0. The van der Waals surface area contributed by atoms with Crippen LogP contribution < -0.4 is 15.5 Å². The predicted octanol–water partition coefficient (Wildman–Crippen LogP) is 0.0441. The zero-order chi connectivity index (χ0) is 15.1. The summed E-state index contributed by atoms with van der Waals surface area (Å²) >= 11 is 1.32. The van der Waals surface area contributed by atoms with E-state index < -0.39 is 0 Å². The first-order chi connectivity index (χ1) is 10.7. The van der Waals surface area contributed by atoms with Gasteiger partial charge in [-0.2, -0.15) is 4.98 Å². The Morgan fingerprint density at radius 1 is 1.23 bits per heavy atom. The lowest BCUT2D eigenvalue weighted by molar-refractivity contribution is -0.112. The molecule has 112 valence electrons. The van der Waals surface area contributed by atoms with Gasteiger partial charge in [0.25, 0.3) is 5.91 Å². The van der Waals surface area contributed by atoms with Gasteiger partial charge in [0.2, 0.25) is 5.88 Å². The fourth-order valence-electron chi connectivity index (χ4n) is 2.64. The summed E-state index contributed by atoms with van der Waals surface area (Å²) in [6.45, 7) is 2.75. The summed E-state index contributed by atoms with van der Waals surface area (Å²) in [5, 5.41) is 12.3. The maximum absolute atomic E-state index is 12.2. The van der Waals surface area contributed by atoms with Crippen LogP contribution >= 0.6 is 11.3 Å². The number of anilines is 1. The van der Waals surface area contributed by atoms with Crippen LogP contribution in [0.15, 0.2) is 29.3 Å². The van der Waals surface area contributed by atoms with E-state index in [9.17, 15) is 9.90 Å². The van der Waals surface area contributed by atoms with Crippen LogP contribution in [0, 0.1) is 0 Å². The van der Waals surface area contributed by atoms with Gasteiger partial charge in [0.05, 0.1) is 24.1 Å². The van der Waals surface area contributed by atoms with Crippen molar-refractivity contribution in [3.05, 3.63) is 39.7 Å². The van der Waals surface area contributed by atoms with Gasteiger partial charge >= 0.3 is 0 Å². The van der Waals surface area contributed by atoms with Gasteiger partial charge in [-0.1, -0.05) is 29.5 Å². The average molecular weight is 315 g/mol. The number of carbonyl (C=O) groups excluding carboxylic acids is 1. The third-order valence-electron chi connectivity index (χ3n) is 3.72. The molecule has 0 spiro atoms. The number of morpholine rings is 1. The minimum absolute atomic E-state index is 0.109. The van der Waals surface area contributed by atoms with Crippen LogP contribution in [-0.2, 0) is 9.53 Å². The number of fused-ring (bicyclic) bond motifs is 1. The SMILES string of the molecule is O=C1N=c2ccccc2=C1c1sc(N2CCOCC2)nc1O. The number of rotatable bonds is 2. The van der Waals surface area contributed by atoms with Gasteiger partial charge in [-0.15, -0.1) is 0 Å². The Balaban J connectivity index is 1.83. The Kier molecular flexibility index (Phi) is 3.16. The molecule has 6 nitrogen and oxygen atoms in total. The molecule has 1 aromatic carbocycles. The smallest absolute Gasteiger partial charge is 0.279 e. The zero-order valence-corrected chi connectivity index (χ0v) is 12.5. The molecule has 1 amide bonds. The van der Waals surface area contributed by atoms with Crippen LogP contribution in [-0.4, -0.2) is 42.3 Å². The Hall–Kier alpha value is -2.25. The minimum Gasteiger partial charge on any atom is -0.492 e. The second-order valence-corrected chi connectivity index (χ2v) is 6.04. The molecule has 1 saturated heterocycles. The van der Waals surface area contributed by atoms with Crippen molar-refractivity contribution in [3.63, 3.8) is 0 Å². The molecule has 22 heavy (non-hydrogen) atoms. The fraction of sp³-hybridized carbons (Fsp3) is 0.267.